The maximum atomic E-state index is 12.2. The lowest BCUT2D eigenvalue weighted by Crippen LogP contribution is -2.31. The molecule has 6 heteroatoms. The third-order valence-corrected chi connectivity index (χ3v) is 3.80. The average Bonchev–Trinajstić information content (AvgIpc) is 3.04. The lowest BCUT2D eigenvalue weighted by Gasteiger charge is -2.26. The highest BCUT2D eigenvalue weighted by atomic mass is 16.3. The summed E-state index contributed by atoms with van der Waals surface area (Å²) in [4.78, 5) is 16.0. The van der Waals surface area contributed by atoms with Gasteiger partial charge < -0.3 is 9.32 Å². The van der Waals surface area contributed by atoms with Gasteiger partial charge in [-0.3, -0.25) is 14.8 Å². The lowest BCUT2D eigenvalue weighted by molar-refractivity contribution is 0.0819. The molecule has 3 rings (SSSR count). The molecule has 0 saturated heterocycles. The topological polar surface area (TPSA) is 65.4 Å². The Balaban J connectivity index is 1.78. The van der Waals surface area contributed by atoms with Gasteiger partial charge in [0.05, 0.1) is 6.54 Å². The van der Waals surface area contributed by atoms with E-state index in [0.717, 1.165) is 48.8 Å². The summed E-state index contributed by atoms with van der Waals surface area (Å²) in [6.07, 6.45) is 0.878. The minimum Gasteiger partial charge on any atom is -0.465 e. The molecule has 6 nitrogen and oxygen atoms in total. The largest absolute Gasteiger partial charge is 0.465 e. The molecule has 1 aliphatic rings. The second kappa shape index (κ2) is 5.37. The molecule has 3 heterocycles. The molecule has 1 amide bonds. The van der Waals surface area contributed by atoms with Crippen LogP contribution < -0.4 is 0 Å². The minimum absolute atomic E-state index is 0.0526. The number of aromatic nitrogens is 2. The Bertz CT molecular complexity index is 656. The van der Waals surface area contributed by atoms with E-state index in [0.29, 0.717) is 5.69 Å². The van der Waals surface area contributed by atoms with Crippen molar-refractivity contribution in [3.05, 3.63) is 40.6 Å². The van der Waals surface area contributed by atoms with Gasteiger partial charge in [0.2, 0.25) is 0 Å². The monoisotopic (exact) mass is 288 g/mol. The third-order valence-electron chi connectivity index (χ3n) is 3.80. The van der Waals surface area contributed by atoms with E-state index in [1.807, 2.05) is 19.1 Å². The van der Waals surface area contributed by atoms with Crippen LogP contribution in [0.2, 0.25) is 0 Å². The molecule has 0 radical (unpaired) electrons. The van der Waals surface area contributed by atoms with Crippen molar-refractivity contribution in [1.29, 1.82) is 0 Å². The highest BCUT2D eigenvalue weighted by molar-refractivity contribution is 5.93. The lowest BCUT2D eigenvalue weighted by atomic mass is 10.0. The van der Waals surface area contributed by atoms with E-state index < -0.39 is 0 Å². The van der Waals surface area contributed by atoms with Gasteiger partial charge >= 0.3 is 0 Å². The molecular weight excluding hydrogens is 268 g/mol. The molecule has 0 atom stereocenters. The fourth-order valence-corrected chi connectivity index (χ4v) is 2.67. The summed E-state index contributed by atoms with van der Waals surface area (Å²) >= 11 is 0. The summed E-state index contributed by atoms with van der Waals surface area (Å²) in [7, 11) is 3.49. The second-order valence-electron chi connectivity index (χ2n) is 5.70. The first-order valence-electron chi connectivity index (χ1n) is 7.10. The van der Waals surface area contributed by atoms with Crippen molar-refractivity contribution in [1.82, 2.24) is 20.0 Å². The number of nitrogens with zero attached hydrogens (tertiary/aromatic N) is 3. The van der Waals surface area contributed by atoms with Gasteiger partial charge in [-0.1, -0.05) is 0 Å². The summed E-state index contributed by atoms with van der Waals surface area (Å²) in [6.45, 7) is 4.36. The molecule has 0 fully saturated rings. The van der Waals surface area contributed by atoms with Crippen LogP contribution in [0.3, 0.4) is 0 Å². The van der Waals surface area contributed by atoms with Crippen LogP contribution in [-0.4, -0.2) is 46.5 Å². The van der Waals surface area contributed by atoms with Crippen molar-refractivity contribution in [3.63, 3.8) is 0 Å². The van der Waals surface area contributed by atoms with Crippen molar-refractivity contribution in [3.8, 4) is 0 Å². The van der Waals surface area contributed by atoms with E-state index >= 15 is 0 Å². The van der Waals surface area contributed by atoms with Crippen LogP contribution in [0.1, 0.15) is 33.3 Å². The van der Waals surface area contributed by atoms with Crippen molar-refractivity contribution in [2.45, 2.75) is 26.4 Å². The molecule has 112 valence electrons. The molecule has 0 saturated carbocycles. The number of fused-ring (bicyclic) bond motifs is 1. The average molecular weight is 288 g/mol. The Labute approximate surface area is 123 Å². The molecule has 0 unspecified atom stereocenters. The Morgan fingerprint density at radius 2 is 2.29 bits per heavy atom. The predicted octanol–water partition coefficient (Wildman–Crippen LogP) is 1.57. The van der Waals surface area contributed by atoms with E-state index in [1.165, 1.54) is 0 Å². The normalized spacial score (nSPS) is 15.0. The quantitative estimate of drug-likeness (QED) is 0.931. The zero-order valence-electron chi connectivity index (χ0n) is 12.6. The Kier molecular flexibility index (Phi) is 3.55. The fourth-order valence-electron chi connectivity index (χ4n) is 2.67. The van der Waals surface area contributed by atoms with Gasteiger partial charge in [-0.15, -0.1) is 0 Å². The van der Waals surface area contributed by atoms with Crippen LogP contribution in [-0.2, 0) is 19.5 Å². The zero-order chi connectivity index (χ0) is 15.0. The van der Waals surface area contributed by atoms with Crippen LogP contribution in [0.25, 0.3) is 0 Å². The molecule has 0 aromatic carbocycles. The van der Waals surface area contributed by atoms with Crippen LogP contribution in [0.15, 0.2) is 16.5 Å². The first-order valence-corrected chi connectivity index (χ1v) is 7.10. The summed E-state index contributed by atoms with van der Waals surface area (Å²) in [5, 5.41) is 7.20. The van der Waals surface area contributed by atoms with Gasteiger partial charge in [-0.05, 0) is 19.1 Å². The van der Waals surface area contributed by atoms with Crippen LogP contribution >= 0.6 is 0 Å². The van der Waals surface area contributed by atoms with Crippen molar-refractivity contribution < 1.29 is 9.21 Å². The third kappa shape index (κ3) is 2.71. The molecule has 21 heavy (non-hydrogen) atoms. The molecule has 0 spiro atoms. The zero-order valence-corrected chi connectivity index (χ0v) is 12.6. The first kappa shape index (κ1) is 13.9. The highest BCUT2D eigenvalue weighted by Gasteiger charge is 2.26. The fraction of sp³-hybridized carbons (Fsp3) is 0.467. The Morgan fingerprint density at radius 3 is 2.95 bits per heavy atom. The number of hydrogen-bond donors (Lipinski definition) is 1. The van der Waals surface area contributed by atoms with Crippen molar-refractivity contribution in [2.24, 2.45) is 0 Å². The van der Waals surface area contributed by atoms with Gasteiger partial charge in [0.25, 0.3) is 5.91 Å². The van der Waals surface area contributed by atoms with Crippen LogP contribution in [0, 0.1) is 6.92 Å². The first-order chi connectivity index (χ1) is 10.0. The Hall–Kier alpha value is -2.08. The number of hydrogen-bond acceptors (Lipinski definition) is 4. The molecule has 0 aliphatic carbocycles. The second-order valence-corrected chi connectivity index (χ2v) is 5.70. The number of aromatic amines is 1. The number of H-pyrrole nitrogens is 1. The van der Waals surface area contributed by atoms with Gasteiger partial charge in [0.1, 0.15) is 11.5 Å². The highest BCUT2D eigenvalue weighted by Crippen LogP contribution is 2.23. The smallest absolute Gasteiger partial charge is 0.274 e. The minimum atomic E-state index is -0.0526. The van der Waals surface area contributed by atoms with E-state index in [1.54, 1.807) is 19.0 Å². The summed E-state index contributed by atoms with van der Waals surface area (Å²) in [5.74, 6) is 1.83. The van der Waals surface area contributed by atoms with Gasteiger partial charge in [0.15, 0.2) is 5.69 Å². The van der Waals surface area contributed by atoms with E-state index in [-0.39, 0.29) is 5.91 Å². The molecule has 2 aromatic heterocycles. The number of carbonyl (C=O) groups is 1. The number of nitrogens with one attached hydrogen (secondary N) is 1. The summed E-state index contributed by atoms with van der Waals surface area (Å²) < 4.78 is 5.63. The summed E-state index contributed by atoms with van der Waals surface area (Å²) in [6, 6.07) is 3.98. The van der Waals surface area contributed by atoms with Crippen LogP contribution in [0.5, 0.6) is 0 Å². The maximum absolute atomic E-state index is 12.2. The molecular formula is C15H20N4O2. The predicted molar refractivity (Wildman–Crippen MR) is 77.9 cm³/mol. The Morgan fingerprint density at radius 1 is 1.48 bits per heavy atom. The standard InChI is InChI=1S/C15H20N4O2/c1-10-4-5-11(21-10)8-19-7-6-13-12(9-19)14(17-16-13)15(20)18(2)3/h4-5H,6-9H2,1-3H3,(H,16,17). The SMILES string of the molecule is Cc1ccc(CN2CCc3[nH]nc(C(=O)N(C)C)c3C2)o1. The number of furan rings is 1. The van der Waals surface area contributed by atoms with Crippen molar-refractivity contribution in [2.75, 3.05) is 20.6 Å². The van der Waals surface area contributed by atoms with E-state index in [2.05, 4.69) is 15.1 Å². The van der Waals surface area contributed by atoms with Gasteiger partial charge in [-0.2, -0.15) is 5.10 Å². The van der Waals surface area contributed by atoms with Crippen LogP contribution in [0.4, 0.5) is 0 Å². The number of rotatable bonds is 3. The summed E-state index contributed by atoms with van der Waals surface area (Å²) in [5.41, 5.74) is 2.63. The van der Waals surface area contributed by atoms with Gasteiger partial charge in [-0.25, -0.2) is 0 Å². The maximum Gasteiger partial charge on any atom is 0.274 e. The number of amides is 1. The van der Waals surface area contributed by atoms with Crippen molar-refractivity contribution >= 4 is 5.91 Å². The number of aryl methyl sites for hydroxylation is 1. The van der Waals surface area contributed by atoms with Gasteiger partial charge in [0, 0.05) is 44.9 Å². The molecule has 1 N–H and O–H groups in total. The number of carbonyl (C=O) groups excluding carboxylic acids is 1. The molecule has 1 aliphatic heterocycles. The van der Waals surface area contributed by atoms with E-state index in [4.69, 9.17) is 4.42 Å². The molecule has 0 bridgehead atoms. The molecule has 2 aromatic rings. The van der Waals surface area contributed by atoms with E-state index in [9.17, 15) is 4.79 Å².